The van der Waals surface area contributed by atoms with Gasteiger partial charge in [-0.2, -0.15) is 0 Å². The van der Waals surface area contributed by atoms with Crippen molar-refractivity contribution in [2.45, 2.75) is 32.2 Å². The fourth-order valence-electron chi connectivity index (χ4n) is 2.60. The third-order valence-corrected chi connectivity index (χ3v) is 4.93. The van der Waals surface area contributed by atoms with Crippen LogP contribution in [-0.2, 0) is 0 Å². The molecule has 1 atom stereocenters. The zero-order valence-electron chi connectivity index (χ0n) is 12.3. The molecule has 0 spiro atoms. The summed E-state index contributed by atoms with van der Waals surface area (Å²) in [6.07, 6.45) is 3.87. The van der Waals surface area contributed by atoms with Crippen LogP contribution in [0.2, 0.25) is 10.0 Å². The maximum atomic E-state index is 6.32. The Morgan fingerprint density at radius 3 is 2.70 bits per heavy atom. The smallest absolute Gasteiger partial charge is 0.0640 e. The van der Waals surface area contributed by atoms with Crippen LogP contribution in [0.4, 0.5) is 0 Å². The average Bonchev–Trinajstić information content (AvgIpc) is 3.26. The lowest BCUT2D eigenvalue weighted by Crippen LogP contribution is -2.30. The Kier molecular flexibility index (Phi) is 6.16. The van der Waals surface area contributed by atoms with Crippen LogP contribution >= 0.6 is 23.2 Å². The SMILES string of the molecule is CCN(CCC(NC)c1cccc(Cl)c1Cl)CC1CC1. The summed E-state index contributed by atoms with van der Waals surface area (Å²) in [7, 11) is 1.99. The van der Waals surface area contributed by atoms with Gasteiger partial charge in [0.15, 0.2) is 0 Å². The van der Waals surface area contributed by atoms with Gasteiger partial charge in [-0.1, -0.05) is 42.3 Å². The van der Waals surface area contributed by atoms with E-state index in [1.54, 1.807) is 0 Å². The molecule has 0 saturated heterocycles. The van der Waals surface area contributed by atoms with Crippen molar-refractivity contribution in [3.8, 4) is 0 Å². The van der Waals surface area contributed by atoms with Crippen molar-refractivity contribution in [2.75, 3.05) is 26.7 Å². The van der Waals surface area contributed by atoms with Gasteiger partial charge in [-0.25, -0.2) is 0 Å². The molecule has 0 radical (unpaired) electrons. The van der Waals surface area contributed by atoms with E-state index >= 15 is 0 Å². The molecule has 4 heteroatoms. The molecule has 1 aromatic rings. The minimum absolute atomic E-state index is 0.259. The number of nitrogens with one attached hydrogen (secondary N) is 1. The van der Waals surface area contributed by atoms with Crippen LogP contribution in [0.1, 0.15) is 37.8 Å². The van der Waals surface area contributed by atoms with Crippen molar-refractivity contribution >= 4 is 23.2 Å². The minimum atomic E-state index is 0.259. The highest BCUT2D eigenvalue weighted by molar-refractivity contribution is 6.42. The van der Waals surface area contributed by atoms with E-state index in [2.05, 4.69) is 23.2 Å². The highest BCUT2D eigenvalue weighted by atomic mass is 35.5. The van der Waals surface area contributed by atoms with Gasteiger partial charge in [0.25, 0.3) is 0 Å². The van der Waals surface area contributed by atoms with Crippen LogP contribution in [0.25, 0.3) is 0 Å². The Balaban J connectivity index is 1.95. The zero-order valence-corrected chi connectivity index (χ0v) is 13.8. The first-order valence-electron chi connectivity index (χ1n) is 7.49. The molecular weight excluding hydrogens is 291 g/mol. The molecule has 0 aliphatic heterocycles. The van der Waals surface area contributed by atoms with Gasteiger partial charge in [0.05, 0.1) is 10.0 Å². The molecule has 20 heavy (non-hydrogen) atoms. The van der Waals surface area contributed by atoms with E-state index in [0.29, 0.717) is 10.0 Å². The fourth-order valence-corrected chi connectivity index (χ4v) is 3.04. The van der Waals surface area contributed by atoms with Crippen LogP contribution < -0.4 is 5.32 Å². The number of hydrogen-bond acceptors (Lipinski definition) is 2. The third-order valence-electron chi connectivity index (χ3n) is 4.10. The second-order valence-corrected chi connectivity index (χ2v) is 6.39. The molecule has 1 unspecified atom stereocenters. The number of benzene rings is 1. The average molecular weight is 315 g/mol. The number of hydrogen-bond donors (Lipinski definition) is 1. The van der Waals surface area contributed by atoms with Gasteiger partial charge in [-0.05, 0) is 56.9 Å². The van der Waals surface area contributed by atoms with E-state index < -0.39 is 0 Å². The molecule has 0 bridgehead atoms. The molecule has 1 aliphatic rings. The molecule has 2 nitrogen and oxygen atoms in total. The summed E-state index contributed by atoms with van der Waals surface area (Å²) in [6, 6.07) is 6.13. The second kappa shape index (κ2) is 7.65. The lowest BCUT2D eigenvalue weighted by molar-refractivity contribution is 0.261. The molecule has 1 N–H and O–H groups in total. The molecule has 1 aliphatic carbocycles. The third kappa shape index (κ3) is 4.36. The van der Waals surface area contributed by atoms with Crippen LogP contribution in [0.15, 0.2) is 18.2 Å². The Bertz CT molecular complexity index is 432. The fraction of sp³-hybridized carbons (Fsp3) is 0.625. The quantitative estimate of drug-likeness (QED) is 0.766. The number of halogens is 2. The highest BCUT2D eigenvalue weighted by Gasteiger charge is 2.24. The normalized spacial score (nSPS) is 16.6. The van der Waals surface area contributed by atoms with Crippen LogP contribution in [-0.4, -0.2) is 31.6 Å². The molecule has 112 valence electrons. The summed E-state index contributed by atoms with van der Waals surface area (Å²) in [5.74, 6) is 0.942. The van der Waals surface area contributed by atoms with Gasteiger partial charge in [-0.3, -0.25) is 0 Å². The molecular formula is C16H24Cl2N2. The van der Waals surface area contributed by atoms with Gasteiger partial charge < -0.3 is 10.2 Å². The van der Waals surface area contributed by atoms with Crippen molar-refractivity contribution in [2.24, 2.45) is 5.92 Å². The predicted molar refractivity (Wildman–Crippen MR) is 87.7 cm³/mol. The molecule has 1 aromatic carbocycles. The molecule has 1 fully saturated rings. The van der Waals surface area contributed by atoms with Gasteiger partial charge in [-0.15, -0.1) is 0 Å². The largest absolute Gasteiger partial charge is 0.313 e. The van der Waals surface area contributed by atoms with E-state index in [1.165, 1.54) is 19.4 Å². The first-order valence-corrected chi connectivity index (χ1v) is 8.24. The monoisotopic (exact) mass is 314 g/mol. The molecule has 0 aromatic heterocycles. The van der Waals surface area contributed by atoms with Crippen LogP contribution in [0, 0.1) is 5.92 Å². The van der Waals surface area contributed by atoms with E-state index in [0.717, 1.165) is 31.0 Å². The first-order chi connectivity index (χ1) is 9.65. The Morgan fingerprint density at radius 1 is 1.35 bits per heavy atom. The number of nitrogens with zero attached hydrogens (tertiary/aromatic N) is 1. The summed E-state index contributed by atoms with van der Waals surface area (Å²) >= 11 is 12.4. The van der Waals surface area contributed by atoms with Crippen molar-refractivity contribution in [1.82, 2.24) is 10.2 Å². The predicted octanol–water partition coefficient (Wildman–Crippen LogP) is 4.38. The van der Waals surface area contributed by atoms with Crippen molar-refractivity contribution < 1.29 is 0 Å². The van der Waals surface area contributed by atoms with Gasteiger partial charge >= 0.3 is 0 Å². The molecule has 0 heterocycles. The Morgan fingerprint density at radius 2 is 2.10 bits per heavy atom. The van der Waals surface area contributed by atoms with Gasteiger partial charge in [0.2, 0.25) is 0 Å². The molecule has 2 rings (SSSR count). The van der Waals surface area contributed by atoms with E-state index in [9.17, 15) is 0 Å². The number of rotatable bonds is 8. The lowest BCUT2D eigenvalue weighted by Gasteiger charge is -2.24. The van der Waals surface area contributed by atoms with Crippen molar-refractivity contribution in [1.29, 1.82) is 0 Å². The van der Waals surface area contributed by atoms with E-state index in [4.69, 9.17) is 23.2 Å². The second-order valence-electron chi connectivity index (χ2n) is 5.61. The lowest BCUT2D eigenvalue weighted by atomic mass is 10.0. The Hall–Kier alpha value is -0.280. The minimum Gasteiger partial charge on any atom is -0.313 e. The van der Waals surface area contributed by atoms with Crippen molar-refractivity contribution in [3.05, 3.63) is 33.8 Å². The van der Waals surface area contributed by atoms with Gasteiger partial charge in [0.1, 0.15) is 0 Å². The van der Waals surface area contributed by atoms with Gasteiger partial charge in [0, 0.05) is 12.6 Å². The summed E-state index contributed by atoms with van der Waals surface area (Å²) in [5, 5.41) is 4.68. The van der Waals surface area contributed by atoms with Crippen LogP contribution in [0.5, 0.6) is 0 Å². The summed E-state index contributed by atoms with van der Waals surface area (Å²) < 4.78 is 0. The molecule has 1 saturated carbocycles. The summed E-state index contributed by atoms with van der Waals surface area (Å²) in [6.45, 7) is 5.71. The maximum absolute atomic E-state index is 6.32. The standard InChI is InChI=1S/C16H24Cl2N2/c1-3-20(11-12-7-8-12)10-9-15(19-2)13-5-4-6-14(17)16(13)18/h4-6,12,15,19H,3,7-11H2,1-2H3. The Labute approximate surface area is 132 Å². The zero-order chi connectivity index (χ0) is 14.5. The van der Waals surface area contributed by atoms with E-state index in [1.807, 2.05) is 19.2 Å². The topological polar surface area (TPSA) is 15.3 Å². The van der Waals surface area contributed by atoms with Crippen molar-refractivity contribution in [3.63, 3.8) is 0 Å². The maximum Gasteiger partial charge on any atom is 0.0640 e. The summed E-state index contributed by atoms with van der Waals surface area (Å²) in [4.78, 5) is 2.54. The summed E-state index contributed by atoms with van der Waals surface area (Å²) in [5.41, 5.74) is 1.10. The first kappa shape index (κ1) is 16.1. The van der Waals surface area contributed by atoms with E-state index in [-0.39, 0.29) is 6.04 Å². The van der Waals surface area contributed by atoms with Crippen LogP contribution in [0.3, 0.4) is 0 Å². The molecule has 0 amide bonds. The highest BCUT2D eigenvalue weighted by Crippen LogP contribution is 2.32.